The lowest BCUT2D eigenvalue weighted by molar-refractivity contribution is 0.419. The largest absolute Gasteiger partial charge is 0.492 e. The molecule has 0 aliphatic rings. The normalized spacial score (nSPS) is 10.5. The second kappa shape index (κ2) is 3.65. The second-order valence-corrected chi connectivity index (χ2v) is 3.13. The van der Waals surface area contributed by atoms with Gasteiger partial charge in [0.15, 0.2) is 5.76 Å². The summed E-state index contributed by atoms with van der Waals surface area (Å²) in [6.07, 6.45) is 0. The fourth-order valence-corrected chi connectivity index (χ4v) is 1.45. The van der Waals surface area contributed by atoms with Gasteiger partial charge < -0.3 is 9.52 Å². The van der Waals surface area contributed by atoms with Crippen molar-refractivity contribution in [3.05, 3.63) is 40.9 Å². The van der Waals surface area contributed by atoms with Crippen molar-refractivity contribution in [1.82, 2.24) is 4.57 Å². The molecule has 0 radical (unpaired) electrons. The molecule has 4 nitrogen and oxygen atoms in total. The molecule has 2 aromatic rings. The molecule has 0 fully saturated rings. The predicted octanol–water partition coefficient (Wildman–Crippen LogP) is 1.83. The van der Waals surface area contributed by atoms with Crippen LogP contribution in [0.2, 0.25) is 0 Å². The van der Waals surface area contributed by atoms with Gasteiger partial charge in [0.25, 0.3) is 0 Å². The van der Waals surface area contributed by atoms with E-state index in [1.54, 1.807) is 19.1 Å². The Balaban J connectivity index is 2.60. The highest BCUT2D eigenvalue weighted by Crippen LogP contribution is 2.27. The first-order valence-corrected chi connectivity index (χ1v) is 4.72. The van der Waals surface area contributed by atoms with E-state index in [0.29, 0.717) is 12.1 Å². The van der Waals surface area contributed by atoms with Crippen molar-refractivity contribution in [3.63, 3.8) is 0 Å². The van der Waals surface area contributed by atoms with Gasteiger partial charge in [0.1, 0.15) is 0 Å². The summed E-state index contributed by atoms with van der Waals surface area (Å²) in [6.45, 7) is 2.16. The van der Waals surface area contributed by atoms with Gasteiger partial charge in [0, 0.05) is 12.1 Å². The lowest BCUT2D eigenvalue weighted by Gasteiger charge is -1.97. The Morgan fingerprint density at radius 2 is 2.00 bits per heavy atom. The zero-order valence-electron chi connectivity index (χ0n) is 8.30. The predicted molar refractivity (Wildman–Crippen MR) is 55.7 cm³/mol. The Hall–Kier alpha value is -1.97. The summed E-state index contributed by atoms with van der Waals surface area (Å²) in [5.74, 6) is -0.426. The Labute approximate surface area is 86.4 Å². The molecule has 0 aliphatic heterocycles. The molecule has 0 saturated carbocycles. The van der Waals surface area contributed by atoms with Crippen molar-refractivity contribution in [2.24, 2.45) is 0 Å². The molecule has 0 bridgehead atoms. The van der Waals surface area contributed by atoms with Crippen molar-refractivity contribution in [3.8, 4) is 17.2 Å². The number of nitrogens with zero attached hydrogens (tertiary/aromatic N) is 1. The van der Waals surface area contributed by atoms with Crippen LogP contribution in [0.25, 0.3) is 11.3 Å². The van der Waals surface area contributed by atoms with Crippen molar-refractivity contribution >= 4 is 0 Å². The summed E-state index contributed by atoms with van der Waals surface area (Å²) in [5.41, 5.74) is 0.694. The summed E-state index contributed by atoms with van der Waals surface area (Å²) < 4.78 is 6.16. The van der Waals surface area contributed by atoms with Gasteiger partial charge >= 0.3 is 5.76 Å². The van der Waals surface area contributed by atoms with E-state index >= 15 is 0 Å². The van der Waals surface area contributed by atoms with E-state index in [9.17, 15) is 9.90 Å². The van der Waals surface area contributed by atoms with Gasteiger partial charge in [-0.05, 0) is 6.92 Å². The van der Waals surface area contributed by atoms with Crippen LogP contribution in [0, 0.1) is 0 Å². The van der Waals surface area contributed by atoms with Gasteiger partial charge in [0.2, 0.25) is 5.88 Å². The zero-order valence-corrected chi connectivity index (χ0v) is 8.30. The summed E-state index contributed by atoms with van der Waals surface area (Å²) in [7, 11) is 0. The number of rotatable bonds is 2. The van der Waals surface area contributed by atoms with Gasteiger partial charge in [-0.1, -0.05) is 30.3 Å². The average Bonchev–Trinajstić information content (AvgIpc) is 2.55. The second-order valence-electron chi connectivity index (χ2n) is 3.13. The summed E-state index contributed by atoms with van der Waals surface area (Å²) in [4.78, 5) is 11.3. The molecule has 0 amide bonds. The third-order valence-electron chi connectivity index (χ3n) is 2.22. The number of oxazole rings is 1. The summed E-state index contributed by atoms with van der Waals surface area (Å²) >= 11 is 0. The third-order valence-corrected chi connectivity index (χ3v) is 2.22. The molecule has 0 aliphatic carbocycles. The maximum atomic E-state index is 11.3. The van der Waals surface area contributed by atoms with E-state index in [1.807, 2.05) is 18.2 Å². The number of aromatic hydroxyl groups is 1. The van der Waals surface area contributed by atoms with Crippen LogP contribution in [0.3, 0.4) is 0 Å². The summed E-state index contributed by atoms with van der Waals surface area (Å²) in [6, 6.07) is 9.04. The molecule has 0 atom stereocenters. The fourth-order valence-electron chi connectivity index (χ4n) is 1.45. The highest BCUT2D eigenvalue weighted by atomic mass is 16.4. The van der Waals surface area contributed by atoms with Crippen LogP contribution in [-0.4, -0.2) is 9.67 Å². The average molecular weight is 205 g/mol. The highest BCUT2D eigenvalue weighted by molar-refractivity contribution is 5.61. The molecule has 1 aromatic carbocycles. The maximum Gasteiger partial charge on any atom is 0.422 e. The third kappa shape index (κ3) is 1.54. The molecule has 0 unspecified atom stereocenters. The van der Waals surface area contributed by atoms with E-state index in [1.165, 1.54) is 4.57 Å². The SMILES string of the molecule is CCn1c(O)c(-c2ccccc2)oc1=O. The van der Waals surface area contributed by atoms with Gasteiger partial charge in [-0.3, -0.25) is 0 Å². The number of hydrogen-bond donors (Lipinski definition) is 1. The molecule has 2 rings (SSSR count). The Kier molecular flexibility index (Phi) is 2.33. The lowest BCUT2D eigenvalue weighted by Crippen LogP contribution is -2.11. The van der Waals surface area contributed by atoms with Crippen molar-refractivity contribution in [1.29, 1.82) is 0 Å². The first-order chi connectivity index (χ1) is 7.24. The Morgan fingerprint density at radius 3 is 2.53 bits per heavy atom. The standard InChI is InChI=1S/C11H11NO3/c1-2-12-10(13)9(15-11(12)14)8-6-4-3-5-7-8/h3-7,13H,2H2,1H3. The van der Waals surface area contributed by atoms with Crippen molar-refractivity contribution in [2.45, 2.75) is 13.5 Å². The minimum absolute atomic E-state index is 0.117. The van der Waals surface area contributed by atoms with Crippen molar-refractivity contribution in [2.75, 3.05) is 0 Å². The molecular formula is C11H11NO3. The minimum atomic E-state index is -0.533. The fraction of sp³-hybridized carbons (Fsp3) is 0.182. The van der Waals surface area contributed by atoms with Crippen LogP contribution in [0.5, 0.6) is 5.88 Å². The Morgan fingerprint density at radius 1 is 1.33 bits per heavy atom. The van der Waals surface area contributed by atoms with Gasteiger partial charge in [-0.2, -0.15) is 0 Å². The molecule has 1 N–H and O–H groups in total. The molecular weight excluding hydrogens is 194 g/mol. The van der Waals surface area contributed by atoms with E-state index in [2.05, 4.69) is 0 Å². The molecule has 0 saturated heterocycles. The monoisotopic (exact) mass is 205 g/mol. The van der Waals surface area contributed by atoms with Gasteiger partial charge in [0.05, 0.1) is 0 Å². The van der Waals surface area contributed by atoms with Crippen molar-refractivity contribution < 1.29 is 9.52 Å². The van der Waals surface area contributed by atoms with E-state index < -0.39 is 5.76 Å². The van der Waals surface area contributed by atoms with Gasteiger partial charge in [-0.25, -0.2) is 9.36 Å². The van der Waals surface area contributed by atoms with Gasteiger partial charge in [-0.15, -0.1) is 0 Å². The first kappa shape index (κ1) is 9.58. The number of aromatic nitrogens is 1. The van der Waals surface area contributed by atoms with Crippen LogP contribution in [0.15, 0.2) is 39.5 Å². The topological polar surface area (TPSA) is 55.4 Å². The maximum absolute atomic E-state index is 11.3. The number of hydrogen-bond acceptors (Lipinski definition) is 3. The molecule has 1 aromatic heterocycles. The highest BCUT2D eigenvalue weighted by Gasteiger charge is 2.15. The number of benzene rings is 1. The van der Waals surface area contributed by atoms with Crippen LogP contribution < -0.4 is 5.76 Å². The van der Waals surface area contributed by atoms with Crippen LogP contribution >= 0.6 is 0 Å². The van der Waals surface area contributed by atoms with Crippen LogP contribution in [-0.2, 0) is 6.54 Å². The molecule has 4 heteroatoms. The van der Waals surface area contributed by atoms with Crippen LogP contribution in [0.4, 0.5) is 0 Å². The quantitative estimate of drug-likeness (QED) is 0.813. The van der Waals surface area contributed by atoms with E-state index in [4.69, 9.17) is 4.42 Å². The first-order valence-electron chi connectivity index (χ1n) is 4.72. The van der Waals surface area contributed by atoms with E-state index in [-0.39, 0.29) is 11.6 Å². The zero-order chi connectivity index (χ0) is 10.8. The molecule has 1 heterocycles. The molecule has 15 heavy (non-hydrogen) atoms. The lowest BCUT2D eigenvalue weighted by atomic mass is 10.2. The summed E-state index contributed by atoms with van der Waals surface area (Å²) in [5, 5.41) is 9.73. The molecule has 78 valence electrons. The van der Waals surface area contributed by atoms with E-state index in [0.717, 1.165) is 0 Å². The van der Waals surface area contributed by atoms with Crippen LogP contribution in [0.1, 0.15) is 6.92 Å². The minimum Gasteiger partial charge on any atom is -0.492 e. The molecule has 0 spiro atoms. The smallest absolute Gasteiger partial charge is 0.422 e. The Bertz CT molecular complexity index is 510.